The third-order valence-electron chi connectivity index (χ3n) is 2.71. The highest BCUT2D eigenvalue weighted by Gasteiger charge is 2.16. The lowest BCUT2D eigenvalue weighted by Gasteiger charge is -2.17. The van der Waals surface area contributed by atoms with Gasteiger partial charge >= 0.3 is 0 Å². The molecule has 0 aliphatic rings. The van der Waals surface area contributed by atoms with Gasteiger partial charge in [-0.05, 0) is 31.2 Å². The second-order valence-corrected chi connectivity index (χ2v) is 3.88. The largest absolute Gasteiger partial charge is 0.308 e. The van der Waals surface area contributed by atoms with Crippen LogP contribution in [0.3, 0.4) is 0 Å². The third kappa shape index (κ3) is 2.50. The van der Waals surface area contributed by atoms with Gasteiger partial charge < -0.3 is 5.32 Å². The van der Waals surface area contributed by atoms with E-state index in [4.69, 9.17) is 0 Å². The van der Waals surface area contributed by atoms with Crippen LogP contribution in [0.25, 0.3) is 0 Å². The Bertz CT molecular complexity index is 451. The number of nitrogens with one attached hydrogen (secondary N) is 1. The molecular weight excluding hydrogens is 214 g/mol. The van der Waals surface area contributed by atoms with Crippen molar-refractivity contribution in [3.63, 3.8) is 0 Å². The molecule has 0 fully saturated rings. The van der Waals surface area contributed by atoms with Crippen molar-refractivity contribution in [1.29, 1.82) is 0 Å². The molecular formula is C12H17N5. The van der Waals surface area contributed by atoms with Gasteiger partial charge in [0.1, 0.15) is 0 Å². The van der Waals surface area contributed by atoms with Crippen molar-refractivity contribution in [2.24, 2.45) is 0 Å². The molecule has 17 heavy (non-hydrogen) atoms. The molecule has 2 aromatic heterocycles. The van der Waals surface area contributed by atoms with Gasteiger partial charge in [-0.15, -0.1) is 0 Å². The molecule has 90 valence electrons. The molecule has 0 saturated carbocycles. The van der Waals surface area contributed by atoms with Crippen molar-refractivity contribution in [2.75, 3.05) is 7.05 Å². The smallest absolute Gasteiger partial charge is 0.0762 e. The lowest BCUT2D eigenvalue weighted by molar-refractivity contribution is 0.533. The summed E-state index contributed by atoms with van der Waals surface area (Å²) in [5.41, 5.74) is 2.25. The minimum atomic E-state index is 0.111. The maximum absolute atomic E-state index is 4.34. The average Bonchev–Trinajstić information content (AvgIpc) is 2.81. The SMILES string of the molecule is CCCn1nccc1C(NC)c1ccnnc1. The van der Waals surface area contributed by atoms with Crippen molar-refractivity contribution < 1.29 is 0 Å². The van der Waals surface area contributed by atoms with Crippen molar-refractivity contribution >= 4 is 0 Å². The maximum Gasteiger partial charge on any atom is 0.0762 e. The van der Waals surface area contributed by atoms with E-state index in [-0.39, 0.29) is 6.04 Å². The van der Waals surface area contributed by atoms with Crippen molar-refractivity contribution in [2.45, 2.75) is 25.9 Å². The molecule has 1 N–H and O–H groups in total. The van der Waals surface area contributed by atoms with Gasteiger partial charge in [0.2, 0.25) is 0 Å². The van der Waals surface area contributed by atoms with Crippen LogP contribution in [0.2, 0.25) is 0 Å². The van der Waals surface area contributed by atoms with Crippen LogP contribution in [0.15, 0.2) is 30.7 Å². The first-order valence-corrected chi connectivity index (χ1v) is 5.82. The Balaban J connectivity index is 2.32. The molecule has 2 rings (SSSR count). The Labute approximate surface area is 101 Å². The number of nitrogens with zero attached hydrogens (tertiary/aromatic N) is 4. The van der Waals surface area contributed by atoms with Crippen LogP contribution in [0.5, 0.6) is 0 Å². The lowest BCUT2D eigenvalue weighted by atomic mass is 10.1. The van der Waals surface area contributed by atoms with Gasteiger partial charge in [-0.1, -0.05) is 6.92 Å². The normalized spacial score (nSPS) is 12.6. The fourth-order valence-corrected chi connectivity index (χ4v) is 1.94. The zero-order valence-electron chi connectivity index (χ0n) is 10.2. The van der Waals surface area contributed by atoms with E-state index >= 15 is 0 Å². The number of hydrogen-bond donors (Lipinski definition) is 1. The Morgan fingerprint density at radius 2 is 2.18 bits per heavy atom. The van der Waals surface area contributed by atoms with Crippen LogP contribution in [0.1, 0.15) is 30.6 Å². The van der Waals surface area contributed by atoms with Gasteiger partial charge in [0.15, 0.2) is 0 Å². The van der Waals surface area contributed by atoms with E-state index in [0.29, 0.717) is 0 Å². The third-order valence-corrected chi connectivity index (χ3v) is 2.71. The van der Waals surface area contributed by atoms with E-state index in [1.165, 1.54) is 0 Å². The van der Waals surface area contributed by atoms with E-state index < -0.39 is 0 Å². The van der Waals surface area contributed by atoms with Crippen LogP contribution >= 0.6 is 0 Å². The topological polar surface area (TPSA) is 55.6 Å². The first-order valence-electron chi connectivity index (χ1n) is 5.82. The zero-order valence-corrected chi connectivity index (χ0v) is 10.2. The van der Waals surface area contributed by atoms with Crippen LogP contribution in [0, 0.1) is 0 Å². The standard InChI is InChI=1S/C12H17N5/c1-3-8-17-11(5-7-16-17)12(13-2)10-4-6-14-15-9-10/h4-7,9,12-13H,3,8H2,1-2H3. The summed E-state index contributed by atoms with van der Waals surface area (Å²) in [4.78, 5) is 0. The molecule has 0 amide bonds. The summed E-state index contributed by atoms with van der Waals surface area (Å²) >= 11 is 0. The van der Waals surface area contributed by atoms with Crippen molar-refractivity contribution in [1.82, 2.24) is 25.3 Å². The highest BCUT2D eigenvalue weighted by atomic mass is 15.3. The van der Waals surface area contributed by atoms with Gasteiger partial charge in [-0.3, -0.25) is 4.68 Å². The van der Waals surface area contributed by atoms with Gasteiger partial charge in [-0.2, -0.15) is 15.3 Å². The molecule has 0 aromatic carbocycles. The second-order valence-electron chi connectivity index (χ2n) is 3.88. The lowest BCUT2D eigenvalue weighted by Crippen LogP contribution is -2.21. The first-order chi connectivity index (χ1) is 8.36. The summed E-state index contributed by atoms with van der Waals surface area (Å²) in [6.45, 7) is 3.08. The molecule has 1 unspecified atom stereocenters. The minimum absolute atomic E-state index is 0.111. The molecule has 1 atom stereocenters. The van der Waals surface area contributed by atoms with Gasteiger partial charge in [0.25, 0.3) is 0 Å². The average molecular weight is 231 g/mol. The molecule has 0 aliphatic carbocycles. The summed E-state index contributed by atoms with van der Waals surface area (Å²) in [5.74, 6) is 0. The quantitative estimate of drug-likeness (QED) is 0.845. The van der Waals surface area contributed by atoms with Gasteiger partial charge in [0, 0.05) is 18.9 Å². The minimum Gasteiger partial charge on any atom is -0.308 e. The van der Waals surface area contributed by atoms with Crippen molar-refractivity contribution in [3.05, 3.63) is 42.0 Å². The fraction of sp³-hybridized carbons (Fsp3) is 0.417. The zero-order chi connectivity index (χ0) is 12.1. The molecule has 0 radical (unpaired) electrons. The summed E-state index contributed by atoms with van der Waals surface area (Å²) in [5, 5.41) is 15.4. The first kappa shape index (κ1) is 11.7. The fourth-order valence-electron chi connectivity index (χ4n) is 1.94. The molecule has 2 aromatic rings. The Morgan fingerprint density at radius 3 is 2.82 bits per heavy atom. The van der Waals surface area contributed by atoms with Gasteiger partial charge in [-0.25, -0.2) is 0 Å². The summed E-state index contributed by atoms with van der Waals surface area (Å²) in [6, 6.07) is 4.12. The van der Waals surface area contributed by atoms with E-state index in [1.54, 1.807) is 12.4 Å². The summed E-state index contributed by atoms with van der Waals surface area (Å²) < 4.78 is 2.03. The van der Waals surface area contributed by atoms with Crippen LogP contribution in [-0.2, 0) is 6.54 Å². The Kier molecular flexibility index (Phi) is 3.82. The van der Waals surface area contributed by atoms with Crippen LogP contribution < -0.4 is 5.32 Å². The van der Waals surface area contributed by atoms with Gasteiger partial charge in [0.05, 0.1) is 17.9 Å². The molecule has 5 nitrogen and oxygen atoms in total. The molecule has 2 heterocycles. The molecule has 0 saturated heterocycles. The molecule has 5 heteroatoms. The van der Waals surface area contributed by atoms with Crippen LogP contribution in [0.4, 0.5) is 0 Å². The molecule has 0 bridgehead atoms. The predicted octanol–water partition coefficient (Wildman–Crippen LogP) is 1.39. The maximum atomic E-state index is 4.34. The second kappa shape index (κ2) is 5.54. The highest BCUT2D eigenvalue weighted by Crippen LogP contribution is 2.20. The number of aromatic nitrogens is 4. The Morgan fingerprint density at radius 1 is 1.29 bits per heavy atom. The Hall–Kier alpha value is -1.75. The summed E-state index contributed by atoms with van der Waals surface area (Å²) in [7, 11) is 1.94. The van der Waals surface area contributed by atoms with E-state index in [9.17, 15) is 0 Å². The molecule has 0 aliphatic heterocycles. The van der Waals surface area contributed by atoms with Crippen LogP contribution in [-0.4, -0.2) is 27.0 Å². The number of aryl methyl sites for hydroxylation is 1. The summed E-state index contributed by atoms with van der Waals surface area (Å²) in [6.07, 6.45) is 6.40. The van der Waals surface area contributed by atoms with E-state index in [2.05, 4.69) is 27.5 Å². The van der Waals surface area contributed by atoms with Crippen molar-refractivity contribution in [3.8, 4) is 0 Å². The molecule has 0 spiro atoms. The monoisotopic (exact) mass is 231 g/mol. The van der Waals surface area contributed by atoms with E-state index in [1.807, 2.05) is 30.1 Å². The number of hydrogen-bond acceptors (Lipinski definition) is 4. The number of rotatable bonds is 5. The van der Waals surface area contributed by atoms with E-state index in [0.717, 1.165) is 24.2 Å². The highest BCUT2D eigenvalue weighted by molar-refractivity contribution is 5.23. The predicted molar refractivity (Wildman–Crippen MR) is 65.5 cm³/mol.